The highest BCUT2D eigenvalue weighted by Gasteiger charge is 2.38. The minimum atomic E-state index is -1.32. The number of nitrogens with zero attached hydrogens (tertiary/aromatic N) is 1. The molecule has 2 N–H and O–H groups in total. The van der Waals surface area contributed by atoms with Crippen molar-refractivity contribution in [3.8, 4) is 5.75 Å². The number of carbonyl (C=O) groups excluding carboxylic acids is 1. The summed E-state index contributed by atoms with van der Waals surface area (Å²) in [5.41, 5.74) is 2.33. The summed E-state index contributed by atoms with van der Waals surface area (Å²) < 4.78 is 6.32. The van der Waals surface area contributed by atoms with E-state index >= 15 is 0 Å². The lowest BCUT2D eigenvalue weighted by atomic mass is 9.70. The minimum Gasteiger partial charge on any atom is -0.487 e. The van der Waals surface area contributed by atoms with Gasteiger partial charge >= 0.3 is 5.97 Å². The largest absolute Gasteiger partial charge is 0.487 e. The van der Waals surface area contributed by atoms with E-state index in [0.29, 0.717) is 5.56 Å². The van der Waals surface area contributed by atoms with E-state index in [4.69, 9.17) is 4.74 Å². The van der Waals surface area contributed by atoms with E-state index < -0.39 is 17.1 Å². The number of aliphatic carboxylic acids is 1. The number of carbonyl (C=O) groups is 2. The number of aliphatic hydroxyl groups is 1. The molecule has 1 atom stereocenters. The summed E-state index contributed by atoms with van der Waals surface area (Å²) in [5, 5.41) is 20.7. The maximum atomic E-state index is 13.2. The minimum absolute atomic E-state index is 0.255. The Morgan fingerprint density at radius 2 is 1.51 bits per heavy atom. The summed E-state index contributed by atoms with van der Waals surface area (Å²) in [6.45, 7) is 13.4. The molecule has 0 radical (unpaired) electrons. The molecular weight excluding hydrogens is 490 g/mol. The molecule has 0 saturated heterocycles. The first-order valence-corrected chi connectivity index (χ1v) is 14.4. The quantitative estimate of drug-likeness (QED) is 0.348. The SMILES string of the molecule is CCC(CC)(c1ccc(OC(C)C2(O)CCCCC2)c(C)c1)c1ccc(C(=O)N(C)C(C)(C)C(=O)O)c(C)c1. The Bertz CT molecular complexity index is 1190. The van der Waals surface area contributed by atoms with Crippen molar-refractivity contribution in [1.82, 2.24) is 4.90 Å². The topological polar surface area (TPSA) is 87.1 Å². The lowest BCUT2D eigenvalue weighted by molar-refractivity contribution is -0.147. The van der Waals surface area contributed by atoms with Gasteiger partial charge < -0.3 is 19.8 Å². The first kappa shape index (κ1) is 30.7. The van der Waals surface area contributed by atoms with Crippen LogP contribution in [0.25, 0.3) is 0 Å². The normalized spacial score (nSPS) is 16.4. The van der Waals surface area contributed by atoms with Crippen LogP contribution in [-0.4, -0.2) is 51.3 Å². The molecule has 6 nitrogen and oxygen atoms in total. The molecule has 2 aromatic rings. The van der Waals surface area contributed by atoms with Crippen molar-refractivity contribution in [2.75, 3.05) is 7.05 Å². The average molecular weight is 538 g/mol. The summed E-state index contributed by atoms with van der Waals surface area (Å²) in [4.78, 5) is 26.2. The van der Waals surface area contributed by atoms with E-state index in [0.717, 1.165) is 61.0 Å². The van der Waals surface area contributed by atoms with Gasteiger partial charge in [0.1, 0.15) is 23.0 Å². The van der Waals surface area contributed by atoms with Gasteiger partial charge in [-0.3, -0.25) is 4.79 Å². The number of hydrogen-bond donors (Lipinski definition) is 2. The van der Waals surface area contributed by atoms with Crippen LogP contribution >= 0.6 is 0 Å². The molecule has 0 heterocycles. The van der Waals surface area contributed by atoms with E-state index in [1.165, 1.54) is 37.8 Å². The number of carboxylic acid groups (broad SMARTS) is 1. The Kier molecular flexibility index (Phi) is 9.21. The standard InChI is InChI=1S/C33H47NO5/c1-9-32(10-2,25-14-16-27(22(3)20-25)29(35)34(8)31(6,7)30(36)37)26-15-17-28(23(4)21-26)39-24(5)33(38)18-12-11-13-19-33/h14-17,20-21,24,38H,9-13,18-19H2,1-8H3,(H,36,37). The Hall–Kier alpha value is -2.86. The van der Waals surface area contributed by atoms with Crippen molar-refractivity contribution in [3.05, 3.63) is 64.2 Å². The third kappa shape index (κ3) is 5.86. The Labute approximate surface area is 234 Å². The van der Waals surface area contributed by atoms with Gasteiger partial charge in [0.2, 0.25) is 0 Å². The number of rotatable bonds is 10. The van der Waals surface area contributed by atoms with Crippen LogP contribution in [0.5, 0.6) is 5.75 Å². The molecule has 0 spiro atoms. The lowest BCUT2D eigenvalue weighted by Gasteiger charge is -2.38. The van der Waals surface area contributed by atoms with E-state index in [1.54, 1.807) is 0 Å². The number of aryl methyl sites for hydroxylation is 2. The Balaban J connectivity index is 1.92. The molecule has 39 heavy (non-hydrogen) atoms. The van der Waals surface area contributed by atoms with Gasteiger partial charge in [0, 0.05) is 18.0 Å². The molecular formula is C33H47NO5. The Morgan fingerprint density at radius 1 is 0.974 bits per heavy atom. The number of hydrogen-bond acceptors (Lipinski definition) is 4. The van der Waals surface area contributed by atoms with Gasteiger partial charge in [0.25, 0.3) is 5.91 Å². The summed E-state index contributed by atoms with van der Waals surface area (Å²) in [7, 11) is 1.53. The molecule has 2 aromatic carbocycles. The average Bonchev–Trinajstić information content (AvgIpc) is 2.90. The van der Waals surface area contributed by atoms with Crippen molar-refractivity contribution >= 4 is 11.9 Å². The van der Waals surface area contributed by atoms with Crippen LogP contribution in [0.1, 0.15) is 112 Å². The highest BCUT2D eigenvalue weighted by atomic mass is 16.5. The van der Waals surface area contributed by atoms with E-state index in [-0.39, 0.29) is 17.4 Å². The zero-order valence-corrected chi connectivity index (χ0v) is 25.1. The first-order chi connectivity index (χ1) is 18.2. The molecule has 1 unspecified atom stereocenters. The second-order valence-electron chi connectivity index (χ2n) is 12.0. The predicted molar refractivity (Wildman–Crippen MR) is 156 cm³/mol. The smallest absolute Gasteiger partial charge is 0.329 e. The van der Waals surface area contributed by atoms with E-state index in [1.807, 2.05) is 32.0 Å². The zero-order chi connectivity index (χ0) is 29.2. The molecule has 0 aliphatic heterocycles. The first-order valence-electron chi connectivity index (χ1n) is 14.4. The molecule has 0 aromatic heterocycles. The second kappa shape index (κ2) is 11.7. The fraction of sp³-hybridized carbons (Fsp3) is 0.576. The van der Waals surface area contributed by atoms with Crippen molar-refractivity contribution in [2.45, 2.75) is 116 Å². The van der Waals surface area contributed by atoms with E-state index in [2.05, 4.69) is 39.0 Å². The second-order valence-corrected chi connectivity index (χ2v) is 12.0. The third-order valence-electron chi connectivity index (χ3n) is 9.39. The molecule has 1 amide bonds. The van der Waals surface area contributed by atoms with Gasteiger partial charge in [-0.2, -0.15) is 0 Å². The van der Waals surface area contributed by atoms with Gasteiger partial charge in [0.15, 0.2) is 0 Å². The maximum absolute atomic E-state index is 13.2. The number of amides is 1. The van der Waals surface area contributed by atoms with Gasteiger partial charge in [-0.1, -0.05) is 57.4 Å². The Morgan fingerprint density at radius 3 is 2.00 bits per heavy atom. The van der Waals surface area contributed by atoms with Gasteiger partial charge in [-0.05, 0) is 94.7 Å². The number of carboxylic acids is 1. The molecule has 6 heteroatoms. The number of ether oxygens (including phenoxy) is 1. The molecule has 1 saturated carbocycles. The summed E-state index contributed by atoms with van der Waals surface area (Å²) >= 11 is 0. The number of likely N-dealkylation sites (N-methyl/N-ethyl adjacent to an activating group) is 1. The molecule has 1 aliphatic rings. The fourth-order valence-electron chi connectivity index (χ4n) is 5.96. The summed E-state index contributed by atoms with van der Waals surface area (Å²) in [5.74, 6) is -0.558. The van der Waals surface area contributed by atoms with E-state index in [9.17, 15) is 19.8 Å². The van der Waals surface area contributed by atoms with Crippen molar-refractivity contribution in [3.63, 3.8) is 0 Å². The zero-order valence-electron chi connectivity index (χ0n) is 25.1. The predicted octanol–water partition coefficient (Wildman–Crippen LogP) is 6.81. The van der Waals surface area contributed by atoms with Crippen molar-refractivity contribution < 1.29 is 24.5 Å². The van der Waals surface area contributed by atoms with Crippen molar-refractivity contribution in [2.24, 2.45) is 0 Å². The fourth-order valence-corrected chi connectivity index (χ4v) is 5.96. The molecule has 0 bridgehead atoms. The monoisotopic (exact) mass is 537 g/mol. The van der Waals surface area contributed by atoms with Crippen LogP contribution in [0.4, 0.5) is 0 Å². The van der Waals surface area contributed by atoms with Crippen molar-refractivity contribution in [1.29, 1.82) is 0 Å². The van der Waals surface area contributed by atoms with Gasteiger partial charge in [-0.15, -0.1) is 0 Å². The molecule has 3 rings (SSSR count). The van der Waals surface area contributed by atoms with Crippen LogP contribution < -0.4 is 4.74 Å². The lowest BCUT2D eigenvalue weighted by Crippen LogP contribution is -2.50. The highest BCUT2D eigenvalue weighted by Crippen LogP contribution is 2.42. The molecule has 1 fully saturated rings. The number of benzene rings is 2. The van der Waals surface area contributed by atoms with Gasteiger partial charge in [0.05, 0.1) is 0 Å². The van der Waals surface area contributed by atoms with Gasteiger partial charge in [-0.25, -0.2) is 4.79 Å². The maximum Gasteiger partial charge on any atom is 0.329 e. The summed E-state index contributed by atoms with van der Waals surface area (Å²) in [6, 6.07) is 12.3. The van der Waals surface area contributed by atoms with Crippen LogP contribution in [0, 0.1) is 13.8 Å². The third-order valence-corrected chi connectivity index (χ3v) is 9.39. The molecule has 1 aliphatic carbocycles. The summed E-state index contributed by atoms with van der Waals surface area (Å²) in [6.07, 6.45) is 6.27. The van der Waals surface area contributed by atoms with Crippen LogP contribution in [0.2, 0.25) is 0 Å². The highest BCUT2D eigenvalue weighted by molar-refractivity contribution is 5.98. The van der Waals surface area contributed by atoms with Crippen LogP contribution in [0.3, 0.4) is 0 Å². The van der Waals surface area contributed by atoms with Crippen LogP contribution in [-0.2, 0) is 10.2 Å². The van der Waals surface area contributed by atoms with Crippen LogP contribution in [0.15, 0.2) is 36.4 Å². The molecule has 214 valence electrons.